The zero-order valence-corrected chi connectivity index (χ0v) is 12.0. The molecule has 0 bridgehead atoms. The van der Waals surface area contributed by atoms with E-state index in [1.54, 1.807) is 0 Å². The lowest BCUT2D eigenvalue weighted by Crippen LogP contribution is -2.25. The Balaban J connectivity index is 1.98. The van der Waals surface area contributed by atoms with E-state index in [-0.39, 0.29) is 18.2 Å². The molecule has 0 amide bonds. The highest BCUT2D eigenvalue weighted by molar-refractivity contribution is 7.09. The van der Waals surface area contributed by atoms with E-state index >= 15 is 0 Å². The molecule has 0 aliphatic heterocycles. The van der Waals surface area contributed by atoms with E-state index in [0.29, 0.717) is 0 Å². The number of aliphatic hydroxyl groups excluding tert-OH is 1. The summed E-state index contributed by atoms with van der Waals surface area (Å²) in [6, 6.07) is 3.00. The van der Waals surface area contributed by atoms with Crippen LogP contribution in [0, 0.1) is 18.6 Å². The normalized spacial score (nSPS) is 14.2. The molecule has 0 spiro atoms. The van der Waals surface area contributed by atoms with E-state index in [0.717, 1.165) is 28.9 Å². The number of aromatic nitrogens is 1. The van der Waals surface area contributed by atoms with Crippen molar-refractivity contribution in [2.75, 3.05) is 6.54 Å². The van der Waals surface area contributed by atoms with Gasteiger partial charge in [-0.3, -0.25) is 0 Å². The molecule has 20 heavy (non-hydrogen) atoms. The van der Waals surface area contributed by atoms with E-state index in [1.807, 2.05) is 19.2 Å². The maximum Gasteiger partial charge on any atom is 0.129 e. The largest absolute Gasteiger partial charge is 0.387 e. The summed E-state index contributed by atoms with van der Waals surface area (Å²) in [5, 5.41) is 15.8. The van der Waals surface area contributed by atoms with Gasteiger partial charge in [0.25, 0.3) is 0 Å². The lowest BCUT2D eigenvalue weighted by Gasteiger charge is -2.16. The molecule has 0 fully saturated rings. The quantitative estimate of drug-likeness (QED) is 0.891. The van der Waals surface area contributed by atoms with E-state index in [2.05, 4.69) is 10.3 Å². The fraction of sp³-hybridized carbons (Fsp3) is 0.357. The fourth-order valence-electron chi connectivity index (χ4n) is 1.83. The number of benzene rings is 1. The number of nitrogens with zero attached hydrogens (tertiary/aromatic N) is 1. The molecule has 6 heteroatoms. The van der Waals surface area contributed by atoms with Gasteiger partial charge in [-0.1, -0.05) is 0 Å². The minimum absolute atomic E-state index is 0.0416. The third-order valence-electron chi connectivity index (χ3n) is 2.94. The maximum absolute atomic E-state index is 13.5. The van der Waals surface area contributed by atoms with Gasteiger partial charge in [-0.2, -0.15) is 0 Å². The van der Waals surface area contributed by atoms with Crippen molar-refractivity contribution in [2.45, 2.75) is 26.0 Å². The second-order valence-electron chi connectivity index (χ2n) is 4.64. The second kappa shape index (κ2) is 6.39. The van der Waals surface area contributed by atoms with Crippen molar-refractivity contribution in [1.29, 1.82) is 0 Å². The Morgan fingerprint density at radius 1 is 1.40 bits per heavy atom. The SMILES string of the molecule is Cc1csc(C(C)NCC(O)c2cc(F)ccc2F)n1. The molecule has 1 aromatic carbocycles. The molecule has 2 unspecified atom stereocenters. The van der Waals surface area contributed by atoms with E-state index in [4.69, 9.17) is 0 Å². The Hall–Kier alpha value is -1.37. The number of halogens is 2. The van der Waals surface area contributed by atoms with Gasteiger partial charge in [0.1, 0.15) is 16.6 Å². The molecule has 0 aliphatic carbocycles. The average Bonchev–Trinajstić information content (AvgIpc) is 2.85. The highest BCUT2D eigenvalue weighted by Gasteiger charge is 2.16. The Labute approximate surface area is 120 Å². The molecule has 0 saturated heterocycles. The number of hydrogen-bond acceptors (Lipinski definition) is 4. The molecule has 0 aliphatic rings. The van der Waals surface area contributed by atoms with Crippen LogP contribution < -0.4 is 5.32 Å². The molecule has 0 radical (unpaired) electrons. The minimum Gasteiger partial charge on any atom is -0.387 e. The molecule has 3 nitrogen and oxygen atoms in total. The minimum atomic E-state index is -1.10. The Morgan fingerprint density at radius 2 is 2.15 bits per heavy atom. The fourth-order valence-corrected chi connectivity index (χ4v) is 2.65. The van der Waals surface area contributed by atoms with Gasteiger partial charge in [-0.25, -0.2) is 13.8 Å². The summed E-state index contributed by atoms with van der Waals surface area (Å²) in [6.45, 7) is 3.94. The lowest BCUT2D eigenvalue weighted by atomic mass is 10.1. The van der Waals surface area contributed by atoms with Gasteiger partial charge in [0, 0.05) is 23.2 Å². The number of hydrogen-bond donors (Lipinski definition) is 2. The van der Waals surface area contributed by atoms with E-state index < -0.39 is 17.7 Å². The lowest BCUT2D eigenvalue weighted by molar-refractivity contribution is 0.165. The van der Waals surface area contributed by atoms with Crippen LogP contribution in [-0.4, -0.2) is 16.6 Å². The van der Waals surface area contributed by atoms with Crippen LogP contribution in [0.2, 0.25) is 0 Å². The number of aryl methyl sites for hydroxylation is 1. The summed E-state index contributed by atoms with van der Waals surface area (Å²) in [5.41, 5.74) is 0.899. The first-order chi connectivity index (χ1) is 9.47. The summed E-state index contributed by atoms with van der Waals surface area (Å²) in [7, 11) is 0. The Bertz CT molecular complexity index is 588. The van der Waals surface area contributed by atoms with Crippen LogP contribution in [0.15, 0.2) is 23.6 Å². The van der Waals surface area contributed by atoms with E-state index in [9.17, 15) is 13.9 Å². The van der Waals surface area contributed by atoms with Gasteiger partial charge in [-0.15, -0.1) is 11.3 Å². The zero-order valence-electron chi connectivity index (χ0n) is 11.2. The topological polar surface area (TPSA) is 45.1 Å². The maximum atomic E-state index is 13.5. The van der Waals surface area contributed by atoms with Crippen LogP contribution in [0.4, 0.5) is 8.78 Å². The first-order valence-electron chi connectivity index (χ1n) is 6.26. The standard InChI is InChI=1S/C14H16F2N2OS/c1-8-7-20-14(18-8)9(2)17-6-13(19)11-5-10(15)3-4-12(11)16/h3-5,7,9,13,17,19H,6H2,1-2H3. The molecule has 1 aromatic heterocycles. The molecule has 2 rings (SSSR count). The van der Waals surface area contributed by atoms with Crippen LogP contribution in [0.5, 0.6) is 0 Å². The second-order valence-corrected chi connectivity index (χ2v) is 5.53. The molecule has 2 N–H and O–H groups in total. The van der Waals surface area contributed by atoms with Crippen molar-refractivity contribution in [3.63, 3.8) is 0 Å². The van der Waals surface area contributed by atoms with Crippen molar-refractivity contribution in [3.8, 4) is 0 Å². The summed E-state index contributed by atoms with van der Waals surface area (Å²) in [5.74, 6) is -1.18. The first kappa shape index (κ1) is 15.0. The van der Waals surface area contributed by atoms with Crippen molar-refractivity contribution >= 4 is 11.3 Å². The molecule has 108 valence electrons. The van der Waals surface area contributed by atoms with Crippen molar-refractivity contribution in [2.24, 2.45) is 0 Å². The molecular formula is C14H16F2N2OS. The predicted molar refractivity (Wildman–Crippen MR) is 74.6 cm³/mol. The van der Waals surface area contributed by atoms with Crippen LogP contribution in [0.25, 0.3) is 0 Å². The van der Waals surface area contributed by atoms with Crippen LogP contribution in [0.1, 0.15) is 35.3 Å². The molecule has 2 aromatic rings. The average molecular weight is 298 g/mol. The van der Waals surface area contributed by atoms with Crippen LogP contribution in [-0.2, 0) is 0 Å². The number of nitrogens with one attached hydrogen (secondary N) is 1. The Kier molecular flexibility index (Phi) is 4.80. The zero-order chi connectivity index (χ0) is 14.7. The predicted octanol–water partition coefficient (Wildman–Crippen LogP) is 3.11. The molecule has 2 atom stereocenters. The van der Waals surface area contributed by atoms with Gasteiger partial charge < -0.3 is 10.4 Å². The summed E-state index contributed by atoms with van der Waals surface area (Å²) in [4.78, 5) is 4.33. The third-order valence-corrected chi connectivity index (χ3v) is 4.09. The molecule has 1 heterocycles. The molecular weight excluding hydrogens is 282 g/mol. The first-order valence-corrected chi connectivity index (χ1v) is 7.13. The third kappa shape index (κ3) is 3.59. The van der Waals surface area contributed by atoms with Crippen LogP contribution >= 0.6 is 11.3 Å². The highest BCUT2D eigenvalue weighted by Crippen LogP contribution is 2.21. The Morgan fingerprint density at radius 3 is 2.80 bits per heavy atom. The number of thiazole rings is 1. The van der Waals surface area contributed by atoms with Crippen molar-refractivity contribution in [1.82, 2.24) is 10.3 Å². The number of aliphatic hydroxyl groups is 1. The summed E-state index contributed by atoms with van der Waals surface area (Å²) >= 11 is 1.52. The monoisotopic (exact) mass is 298 g/mol. The van der Waals surface area contributed by atoms with Gasteiger partial charge >= 0.3 is 0 Å². The smallest absolute Gasteiger partial charge is 0.129 e. The van der Waals surface area contributed by atoms with Gasteiger partial charge in [-0.05, 0) is 32.0 Å². The highest BCUT2D eigenvalue weighted by atomic mass is 32.1. The summed E-state index contributed by atoms with van der Waals surface area (Å²) in [6.07, 6.45) is -1.10. The van der Waals surface area contributed by atoms with Crippen LogP contribution in [0.3, 0.4) is 0 Å². The van der Waals surface area contributed by atoms with Gasteiger partial charge in [0.05, 0.1) is 12.1 Å². The van der Waals surface area contributed by atoms with Gasteiger partial charge in [0.2, 0.25) is 0 Å². The van der Waals surface area contributed by atoms with Gasteiger partial charge in [0.15, 0.2) is 0 Å². The van der Waals surface area contributed by atoms with Crippen molar-refractivity contribution < 1.29 is 13.9 Å². The van der Waals surface area contributed by atoms with E-state index in [1.165, 1.54) is 11.3 Å². The summed E-state index contributed by atoms with van der Waals surface area (Å²) < 4.78 is 26.6. The molecule has 0 saturated carbocycles. The number of rotatable bonds is 5. The van der Waals surface area contributed by atoms with Crippen molar-refractivity contribution in [3.05, 3.63) is 51.5 Å².